The lowest BCUT2D eigenvalue weighted by Crippen LogP contribution is -2.48. The number of halogens is 1. The number of nitrogens with one attached hydrogen (secondary N) is 2. The Labute approximate surface area is 167 Å². The van der Waals surface area contributed by atoms with Crippen LogP contribution in [0.3, 0.4) is 0 Å². The van der Waals surface area contributed by atoms with Gasteiger partial charge in [-0.1, -0.05) is 6.07 Å². The zero-order valence-corrected chi connectivity index (χ0v) is 17.3. The lowest BCUT2D eigenvalue weighted by molar-refractivity contribution is -0.0440. The van der Waals surface area contributed by atoms with E-state index in [2.05, 4.69) is 10.6 Å². The number of nitrogens with zero attached hydrogens (tertiary/aromatic N) is 1. The van der Waals surface area contributed by atoms with E-state index < -0.39 is 10.0 Å². The minimum absolute atomic E-state index is 0. The summed E-state index contributed by atoms with van der Waals surface area (Å²) in [5.74, 6) is -0.224. The molecular formula is C18H28ClN3O4S. The number of benzene rings is 1. The third-order valence-corrected chi connectivity index (χ3v) is 6.62. The van der Waals surface area contributed by atoms with E-state index in [1.165, 1.54) is 10.4 Å². The molecule has 0 bridgehead atoms. The lowest BCUT2D eigenvalue weighted by atomic mass is 10.1. The number of sulfonamides is 1. The van der Waals surface area contributed by atoms with Crippen LogP contribution in [-0.2, 0) is 14.8 Å². The number of amides is 1. The Morgan fingerprint density at radius 1 is 1.19 bits per heavy atom. The molecule has 2 aliphatic heterocycles. The van der Waals surface area contributed by atoms with Crippen molar-refractivity contribution in [3.8, 4) is 0 Å². The molecule has 2 N–H and O–H groups in total. The van der Waals surface area contributed by atoms with Crippen molar-refractivity contribution < 1.29 is 17.9 Å². The van der Waals surface area contributed by atoms with E-state index in [1.807, 2.05) is 13.8 Å². The smallest absolute Gasteiger partial charge is 0.251 e. The van der Waals surface area contributed by atoms with Gasteiger partial charge in [-0.25, -0.2) is 8.42 Å². The average Bonchev–Trinajstić information content (AvgIpc) is 2.62. The van der Waals surface area contributed by atoms with Crippen molar-refractivity contribution >= 4 is 28.3 Å². The normalized spacial score (nSPS) is 24.8. The monoisotopic (exact) mass is 417 g/mol. The highest BCUT2D eigenvalue weighted by Gasteiger charge is 2.32. The Balaban J connectivity index is 0.00000261. The molecule has 0 radical (unpaired) electrons. The van der Waals surface area contributed by atoms with Gasteiger partial charge in [0.05, 0.1) is 17.1 Å². The Morgan fingerprint density at radius 3 is 2.44 bits per heavy atom. The minimum atomic E-state index is -3.65. The van der Waals surface area contributed by atoms with Crippen LogP contribution in [-0.4, -0.2) is 63.1 Å². The predicted molar refractivity (Wildman–Crippen MR) is 106 cm³/mol. The zero-order chi connectivity index (χ0) is 18.7. The molecule has 2 aliphatic rings. The molecule has 7 nitrogen and oxygen atoms in total. The lowest BCUT2D eigenvalue weighted by Gasteiger charge is -2.34. The highest BCUT2D eigenvalue weighted by molar-refractivity contribution is 7.89. The second kappa shape index (κ2) is 9.34. The maximum absolute atomic E-state index is 13.0. The standard InChI is InChI=1S/C18H27N3O4S.ClH/c1-13-11-21(12-14(2)25-13)26(23,24)17-5-3-4-15(10-17)18(22)20-16-6-8-19-9-7-16;/h3-5,10,13-14,16,19H,6-9,11-12H2,1-2H3,(H,20,22);1H. The summed E-state index contributed by atoms with van der Waals surface area (Å²) in [6, 6.07) is 6.42. The summed E-state index contributed by atoms with van der Waals surface area (Å²) >= 11 is 0. The van der Waals surface area contributed by atoms with Crippen LogP contribution in [0.15, 0.2) is 29.2 Å². The van der Waals surface area contributed by atoms with Crippen LogP contribution >= 0.6 is 12.4 Å². The molecule has 2 atom stereocenters. The van der Waals surface area contributed by atoms with E-state index in [9.17, 15) is 13.2 Å². The highest BCUT2D eigenvalue weighted by atomic mass is 35.5. The van der Waals surface area contributed by atoms with Crippen molar-refractivity contribution in [2.45, 2.75) is 49.8 Å². The molecule has 0 aliphatic carbocycles. The summed E-state index contributed by atoms with van der Waals surface area (Å²) in [5, 5.41) is 6.25. The van der Waals surface area contributed by atoms with E-state index in [-0.39, 0.29) is 41.5 Å². The first-order chi connectivity index (χ1) is 12.4. The maximum atomic E-state index is 13.0. The Morgan fingerprint density at radius 2 is 1.81 bits per heavy atom. The third kappa shape index (κ3) is 5.42. The SMILES string of the molecule is CC1CN(S(=O)(=O)c2cccc(C(=O)NC3CCNCC3)c2)CC(C)O1.Cl. The van der Waals surface area contributed by atoms with Gasteiger partial charge >= 0.3 is 0 Å². The first-order valence-corrected chi connectivity index (χ1v) is 10.6. The van der Waals surface area contributed by atoms with E-state index in [4.69, 9.17) is 4.74 Å². The number of hydrogen-bond acceptors (Lipinski definition) is 5. The van der Waals surface area contributed by atoms with Gasteiger partial charge in [0.25, 0.3) is 5.91 Å². The van der Waals surface area contributed by atoms with Crippen LogP contribution in [0.1, 0.15) is 37.0 Å². The van der Waals surface area contributed by atoms with Gasteiger partial charge in [0.2, 0.25) is 10.0 Å². The molecule has 3 rings (SSSR count). The number of rotatable bonds is 4. The van der Waals surface area contributed by atoms with E-state index in [0.29, 0.717) is 18.7 Å². The molecule has 2 heterocycles. The van der Waals surface area contributed by atoms with Crippen LogP contribution in [0.2, 0.25) is 0 Å². The molecule has 2 unspecified atom stereocenters. The first-order valence-electron chi connectivity index (χ1n) is 9.13. The second-order valence-electron chi connectivity index (χ2n) is 7.10. The van der Waals surface area contributed by atoms with Gasteiger partial charge in [0.1, 0.15) is 0 Å². The fraction of sp³-hybridized carbons (Fsp3) is 0.611. The molecule has 1 aromatic rings. The maximum Gasteiger partial charge on any atom is 0.251 e. The number of carbonyl (C=O) groups is 1. The molecular weight excluding hydrogens is 390 g/mol. The van der Waals surface area contributed by atoms with Gasteiger partial charge in [0, 0.05) is 24.7 Å². The molecule has 0 spiro atoms. The Kier molecular flexibility index (Phi) is 7.64. The molecule has 1 aromatic carbocycles. The van der Waals surface area contributed by atoms with Crippen LogP contribution < -0.4 is 10.6 Å². The molecule has 152 valence electrons. The zero-order valence-electron chi connectivity index (χ0n) is 15.7. The quantitative estimate of drug-likeness (QED) is 0.772. The second-order valence-corrected chi connectivity index (χ2v) is 9.04. The van der Waals surface area contributed by atoms with Gasteiger partial charge in [-0.2, -0.15) is 4.31 Å². The molecule has 0 aromatic heterocycles. The summed E-state index contributed by atoms with van der Waals surface area (Å²) in [6.45, 7) is 6.12. The van der Waals surface area contributed by atoms with E-state index >= 15 is 0 Å². The largest absolute Gasteiger partial charge is 0.373 e. The van der Waals surface area contributed by atoms with Gasteiger partial charge < -0.3 is 15.4 Å². The molecule has 0 saturated carbocycles. The highest BCUT2D eigenvalue weighted by Crippen LogP contribution is 2.22. The molecule has 2 saturated heterocycles. The average molecular weight is 418 g/mol. The number of hydrogen-bond donors (Lipinski definition) is 2. The number of morpholine rings is 1. The van der Waals surface area contributed by atoms with Gasteiger partial charge in [-0.3, -0.25) is 4.79 Å². The van der Waals surface area contributed by atoms with Gasteiger partial charge in [-0.15, -0.1) is 12.4 Å². The van der Waals surface area contributed by atoms with Crippen LogP contribution in [0, 0.1) is 0 Å². The van der Waals surface area contributed by atoms with Gasteiger partial charge in [0.15, 0.2) is 0 Å². The molecule has 27 heavy (non-hydrogen) atoms. The molecule has 2 fully saturated rings. The summed E-state index contributed by atoms with van der Waals surface area (Å²) in [5.41, 5.74) is 0.374. The van der Waals surface area contributed by atoms with Crippen molar-refractivity contribution in [1.29, 1.82) is 0 Å². The van der Waals surface area contributed by atoms with E-state index in [0.717, 1.165) is 25.9 Å². The number of carbonyl (C=O) groups excluding carboxylic acids is 1. The Hall–Kier alpha value is -1.19. The van der Waals surface area contributed by atoms with Crippen LogP contribution in [0.5, 0.6) is 0 Å². The van der Waals surface area contributed by atoms with Crippen LogP contribution in [0.25, 0.3) is 0 Å². The van der Waals surface area contributed by atoms with Crippen molar-refractivity contribution in [3.63, 3.8) is 0 Å². The fourth-order valence-corrected chi connectivity index (χ4v) is 5.15. The summed E-state index contributed by atoms with van der Waals surface area (Å²) in [4.78, 5) is 12.7. The fourth-order valence-electron chi connectivity index (χ4n) is 3.51. The summed E-state index contributed by atoms with van der Waals surface area (Å²) < 4.78 is 33.0. The van der Waals surface area contributed by atoms with Crippen molar-refractivity contribution in [3.05, 3.63) is 29.8 Å². The van der Waals surface area contributed by atoms with E-state index in [1.54, 1.807) is 18.2 Å². The van der Waals surface area contributed by atoms with Crippen molar-refractivity contribution in [1.82, 2.24) is 14.9 Å². The Bertz CT molecular complexity index is 743. The van der Waals surface area contributed by atoms with Gasteiger partial charge in [-0.05, 0) is 58.0 Å². The molecule has 9 heteroatoms. The predicted octanol–water partition coefficient (Wildman–Crippen LogP) is 1.39. The minimum Gasteiger partial charge on any atom is -0.373 e. The van der Waals surface area contributed by atoms with Crippen LogP contribution in [0.4, 0.5) is 0 Å². The molecule has 1 amide bonds. The van der Waals surface area contributed by atoms with Crippen molar-refractivity contribution in [2.24, 2.45) is 0 Å². The first kappa shape index (κ1) is 22.1. The summed E-state index contributed by atoms with van der Waals surface area (Å²) in [6.07, 6.45) is 1.46. The topological polar surface area (TPSA) is 87.7 Å². The van der Waals surface area contributed by atoms with Crippen molar-refractivity contribution in [2.75, 3.05) is 26.2 Å². The number of piperidine rings is 1. The third-order valence-electron chi connectivity index (χ3n) is 4.79. The number of ether oxygens (including phenoxy) is 1. The summed E-state index contributed by atoms with van der Waals surface area (Å²) in [7, 11) is -3.65.